The zero-order valence-corrected chi connectivity index (χ0v) is 19.2. The summed E-state index contributed by atoms with van der Waals surface area (Å²) in [5.74, 6) is 0.396. The Hall–Kier alpha value is -4.11. The van der Waals surface area contributed by atoms with E-state index < -0.39 is 10.8 Å². The highest BCUT2D eigenvalue weighted by Gasteiger charge is 2.14. The largest absolute Gasteiger partial charge is 0.484 e. The van der Waals surface area contributed by atoms with E-state index in [2.05, 4.69) is 10.4 Å². The van der Waals surface area contributed by atoms with Gasteiger partial charge in [0.05, 0.1) is 22.2 Å². The zero-order chi connectivity index (χ0) is 24.2. The normalized spacial score (nSPS) is 10.8. The van der Waals surface area contributed by atoms with Gasteiger partial charge < -0.3 is 14.5 Å². The first kappa shape index (κ1) is 23.1. The van der Waals surface area contributed by atoms with Crippen LogP contribution in [0.4, 0.5) is 11.4 Å². The second-order valence-electron chi connectivity index (χ2n) is 7.67. The van der Waals surface area contributed by atoms with E-state index in [1.54, 1.807) is 18.2 Å². The van der Waals surface area contributed by atoms with Gasteiger partial charge in [-0.05, 0) is 55.8 Å². The van der Waals surface area contributed by atoms with Crippen LogP contribution >= 0.6 is 11.6 Å². The van der Waals surface area contributed by atoms with Crippen LogP contribution in [0, 0.1) is 24.0 Å². The number of amides is 1. The topological polar surface area (TPSA) is 112 Å². The van der Waals surface area contributed by atoms with Crippen molar-refractivity contribution in [3.05, 3.63) is 104 Å². The molecule has 0 bridgehead atoms. The number of hydrogen-bond acceptors (Lipinski definition) is 6. The highest BCUT2D eigenvalue weighted by Crippen LogP contribution is 2.29. The van der Waals surface area contributed by atoms with Gasteiger partial charge in [-0.3, -0.25) is 19.6 Å². The fourth-order valence-corrected chi connectivity index (χ4v) is 3.62. The molecular weight excluding hydrogens is 460 g/mol. The number of ether oxygens (including phenoxy) is 1. The molecule has 9 nitrogen and oxygen atoms in total. The molecule has 0 saturated carbocycles. The van der Waals surface area contributed by atoms with Gasteiger partial charge in [0.15, 0.2) is 5.76 Å². The minimum Gasteiger partial charge on any atom is -0.484 e. The number of nitrogens with zero attached hydrogens (tertiary/aromatic N) is 3. The van der Waals surface area contributed by atoms with Gasteiger partial charge in [-0.2, -0.15) is 5.10 Å². The molecule has 0 fully saturated rings. The molecule has 0 unspecified atom stereocenters. The van der Waals surface area contributed by atoms with Crippen LogP contribution in [0.1, 0.15) is 33.3 Å². The summed E-state index contributed by atoms with van der Waals surface area (Å²) in [6.45, 7) is 4.54. The lowest BCUT2D eigenvalue weighted by Gasteiger charge is -2.08. The Kier molecular flexibility index (Phi) is 6.65. The third kappa shape index (κ3) is 5.44. The summed E-state index contributed by atoms with van der Waals surface area (Å²) in [6.07, 6.45) is 0. The maximum Gasteiger partial charge on any atom is 0.291 e. The van der Waals surface area contributed by atoms with Crippen molar-refractivity contribution < 1.29 is 18.9 Å². The lowest BCUT2D eigenvalue weighted by molar-refractivity contribution is -0.384. The number of carbonyl (C=O) groups is 1. The van der Waals surface area contributed by atoms with Crippen LogP contribution in [-0.4, -0.2) is 20.6 Å². The highest BCUT2D eigenvalue weighted by molar-refractivity contribution is 6.32. The van der Waals surface area contributed by atoms with Crippen LogP contribution in [0.15, 0.2) is 65.1 Å². The number of halogens is 1. The maximum atomic E-state index is 12.6. The van der Waals surface area contributed by atoms with Gasteiger partial charge in [0.1, 0.15) is 18.1 Å². The second-order valence-corrected chi connectivity index (χ2v) is 8.07. The molecule has 4 aromatic rings. The fourth-order valence-electron chi connectivity index (χ4n) is 3.39. The zero-order valence-electron chi connectivity index (χ0n) is 18.4. The van der Waals surface area contributed by atoms with Crippen LogP contribution in [0.25, 0.3) is 0 Å². The average molecular weight is 481 g/mol. The molecule has 1 N–H and O–H groups in total. The van der Waals surface area contributed by atoms with E-state index in [0.29, 0.717) is 18.0 Å². The first-order chi connectivity index (χ1) is 16.3. The van der Waals surface area contributed by atoms with Crippen molar-refractivity contribution in [1.29, 1.82) is 0 Å². The fraction of sp³-hybridized carbons (Fsp3) is 0.167. The van der Waals surface area contributed by atoms with Crippen molar-refractivity contribution in [3.63, 3.8) is 0 Å². The van der Waals surface area contributed by atoms with Gasteiger partial charge in [0.25, 0.3) is 11.6 Å². The molecule has 0 saturated heterocycles. The second kappa shape index (κ2) is 9.80. The summed E-state index contributed by atoms with van der Waals surface area (Å²) >= 11 is 6.03. The molecule has 0 aliphatic rings. The number of furan rings is 1. The Labute approximate surface area is 200 Å². The van der Waals surface area contributed by atoms with Crippen LogP contribution in [-0.2, 0) is 13.2 Å². The number of benzene rings is 2. The van der Waals surface area contributed by atoms with Crippen molar-refractivity contribution in [2.75, 3.05) is 5.32 Å². The number of nitrogens with one attached hydrogen (secondary N) is 1. The SMILES string of the molecule is Cc1cc(C)n(Cc2cccc(NC(=O)c3ccc(COc4ccc([N+](=O)[O-])cc4Cl)o3)c2)n1. The molecule has 1 amide bonds. The van der Waals surface area contributed by atoms with Gasteiger partial charge in [-0.15, -0.1) is 0 Å². The molecule has 4 rings (SSSR count). The monoisotopic (exact) mass is 480 g/mol. The predicted molar refractivity (Wildman–Crippen MR) is 126 cm³/mol. The molecular formula is C24H21ClN4O5. The Morgan fingerprint density at radius 3 is 2.71 bits per heavy atom. The third-order valence-electron chi connectivity index (χ3n) is 5.00. The number of rotatable bonds is 8. The molecule has 2 aromatic carbocycles. The number of anilines is 1. The van der Waals surface area contributed by atoms with Gasteiger partial charge in [-0.25, -0.2) is 0 Å². The first-order valence-corrected chi connectivity index (χ1v) is 10.7. The van der Waals surface area contributed by atoms with Crippen molar-refractivity contribution in [1.82, 2.24) is 9.78 Å². The minimum atomic E-state index is -0.540. The number of carbonyl (C=O) groups excluding carboxylic acids is 1. The van der Waals surface area contributed by atoms with E-state index in [-0.39, 0.29) is 28.8 Å². The number of aromatic nitrogens is 2. The van der Waals surface area contributed by atoms with E-state index in [0.717, 1.165) is 17.0 Å². The molecule has 0 spiro atoms. The molecule has 0 radical (unpaired) electrons. The molecule has 34 heavy (non-hydrogen) atoms. The number of nitro groups is 1. The van der Waals surface area contributed by atoms with E-state index in [4.69, 9.17) is 20.8 Å². The van der Waals surface area contributed by atoms with Crippen molar-refractivity contribution >= 4 is 28.9 Å². The standard InChI is InChI=1S/C24H21ClN4O5/c1-15-10-16(2)28(27-15)13-17-4-3-5-18(11-17)26-24(30)23-9-7-20(34-23)14-33-22-8-6-19(29(31)32)12-21(22)25/h3-12H,13-14H2,1-2H3,(H,26,30). The summed E-state index contributed by atoms with van der Waals surface area (Å²) in [7, 11) is 0. The van der Waals surface area contributed by atoms with E-state index >= 15 is 0 Å². The maximum absolute atomic E-state index is 12.6. The van der Waals surface area contributed by atoms with Gasteiger partial charge in [0.2, 0.25) is 0 Å². The van der Waals surface area contributed by atoms with Crippen molar-refractivity contribution in [3.8, 4) is 5.75 Å². The minimum absolute atomic E-state index is 0.00291. The van der Waals surface area contributed by atoms with E-state index in [1.807, 2.05) is 42.8 Å². The lowest BCUT2D eigenvalue weighted by atomic mass is 10.2. The van der Waals surface area contributed by atoms with Gasteiger partial charge in [-0.1, -0.05) is 23.7 Å². The van der Waals surface area contributed by atoms with Crippen LogP contribution in [0.5, 0.6) is 5.75 Å². The van der Waals surface area contributed by atoms with E-state index in [1.165, 1.54) is 18.2 Å². The Morgan fingerprint density at radius 1 is 1.18 bits per heavy atom. The average Bonchev–Trinajstić information content (AvgIpc) is 3.39. The van der Waals surface area contributed by atoms with Crippen molar-refractivity contribution in [2.24, 2.45) is 0 Å². The number of hydrogen-bond donors (Lipinski definition) is 1. The first-order valence-electron chi connectivity index (χ1n) is 10.4. The number of aryl methyl sites for hydroxylation is 2. The van der Waals surface area contributed by atoms with Crippen molar-refractivity contribution in [2.45, 2.75) is 27.0 Å². The molecule has 10 heteroatoms. The summed E-state index contributed by atoms with van der Waals surface area (Å²) in [6, 6.07) is 16.6. The Balaban J connectivity index is 1.37. The Bertz CT molecular complexity index is 1360. The molecule has 0 aliphatic heterocycles. The summed E-state index contributed by atoms with van der Waals surface area (Å²) in [4.78, 5) is 22.9. The molecule has 2 aromatic heterocycles. The molecule has 174 valence electrons. The molecule has 2 heterocycles. The van der Waals surface area contributed by atoms with Gasteiger partial charge in [0, 0.05) is 23.5 Å². The smallest absolute Gasteiger partial charge is 0.291 e. The quantitative estimate of drug-likeness (QED) is 0.262. The predicted octanol–water partition coefficient (Wildman–Crippen LogP) is 5.53. The third-order valence-corrected chi connectivity index (χ3v) is 5.30. The number of non-ortho nitro benzene ring substituents is 1. The summed E-state index contributed by atoms with van der Waals surface area (Å²) in [5.41, 5.74) is 3.52. The highest BCUT2D eigenvalue weighted by atomic mass is 35.5. The Morgan fingerprint density at radius 2 is 2.00 bits per heavy atom. The lowest BCUT2D eigenvalue weighted by Crippen LogP contribution is -2.11. The van der Waals surface area contributed by atoms with Gasteiger partial charge >= 0.3 is 0 Å². The summed E-state index contributed by atoms with van der Waals surface area (Å²) < 4.78 is 13.1. The number of nitro benzene ring substituents is 1. The van der Waals surface area contributed by atoms with Crippen LogP contribution < -0.4 is 10.1 Å². The molecule has 0 aliphatic carbocycles. The van der Waals surface area contributed by atoms with Crippen LogP contribution in [0.2, 0.25) is 5.02 Å². The van der Waals surface area contributed by atoms with Crippen LogP contribution in [0.3, 0.4) is 0 Å². The van der Waals surface area contributed by atoms with E-state index in [9.17, 15) is 14.9 Å². The summed E-state index contributed by atoms with van der Waals surface area (Å²) in [5, 5.41) is 18.2. The molecule has 0 atom stereocenters.